The average molecular weight is 689 g/mol. The smallest absolute Gasteiger partial charge is 0.0541 e. The van der Waals surface area contributed by atoms with E-state index in [9.17, 15) is 0 Å². The standard InChI is InChI=1S/C52H36N2/c1-2-13-37(14-3-1)39-29-31-45(32-30-39)53(47-21-11-19-43(35-47)44-28-27-38-15-4-5-16-40(38)33-44)46-20-10-17-41(34-46)42-18-12-22-48(36-42)54-51-25-8-6-23-49(51)50-24-7-9-26-52(50)54/h1-36H. The van der Waals surface area contributed by atoms with E-state index in [1.807, 2.05) is 0 Å². The molecule has 0 unspecified atom stereocenters. The van der Waals surface area contributed by atoms with Crippen molar-refractivity contribution in [2.75, 3.05) is 4.90 Å². The van der Waals surface area contributed by atoms with Crippen molar-refractivity contribution in [2.24, 2.45) is 0 Å². The quantitative estimate of drug-likeness (QED) is 0.162. The summed E-state index contributed by atoms with van der Waals surface area (Å²) in [5.74, 6) is 0. The Kier molecular flexibility index (Phi) is 7.85. The predicted octanol–water partition coefficient (Wildman–Crippen LogP) is 14.4. The van der Waals surface area contributed by atoms with Crippen LogP contribution in [0.5, 0.6) is 0 Å². The van der Waals surface area contributed by atoms with Crippen LogP contribution >= 0.6 is 0 Å². The summed E-state index contributed by atoms with van der Waals surface area (Å²) in [6.07, 6.45) is 0. The molecule has 0 atom stereocenters. The van der Waals surface area contributed by atoms with Crippen LogP contribution in [0.3, 0.4) is 0 Å². The summed E-state index contributed by atoms with van der Waals surface area (Å²) >= 11 is 0. The van der Waals surface area contributed by atoms with E-state index in [0.717, 1.165) is 28.3 Å². The number of hydrogen-bond donors (Lipinski definition) is 0. The zero-order valence-electron chi connectivity index (χ0n) is 29.7. The SMILES string of the molecule is c1ccc(-c2ccc(N(c3cccc(-c4cccc(-n5c6ccccc6c6ccccc65)c4)c3)c3cccc(-c4ccc5ccccc5c4)c3)cc2)cc1. The Morgan fingerprint density at radius 1 is 0.278 bits per heavy atom. The van der Waals surface area contributed by atoms with Gasteiger partial charge >= 0.3 is 0 Å². The van der Waals surface area contributed by atoms with Gasteiger partial charge < -0.3 is 9.47 Å². The number of nitrogens with zero attached hydrogens (tertiary/aromatic N) is 2. The minimum Gasteiger partial charge on any atom is -0.310 e. The number of hydrogen-bond acceptors (Lipinski definition) is 1. The van der Waals surface area contributed by atoms with E-state index in [-0.39, 0.29) is 0 Å². The second kappa shape index (κ2) is 13.4. The van der Waals surface area contributed by atoms with Gasteiger partial charge in [-0.15, -0.1) is 0 Å². The molecule has 0 fully saturated rings. The number of anilines is 3. The topological polar surface area (TPSA) is 8.17 Å². The molecule has 10 rings (SSSR count). The molecule has 0 radical (unpaired) electrons. The number of fused-ring (bicyclic) bond motifs is 4. The Morgan fingerprint density at radius 3 is 1.43 bits per heavy atom. The van der Waals surface area contributed by atoms with Crippen LogP contribution in [0, 0.1) is 0 Å². The first-order valence-corrected chi connectivity index (χ1v) is 18.5. The molecule has 0 spiro atoms. The molecular formula is C52H36N2. The highest BCUT2D eigenvalue weighted by atomic mass is 15.1. The zero-order chi connectivity index (χ0) is 35.8. The maximum Gasteiger partial charge on any atom is 0.0541 e. The maximum absolute atomic E-state index is 2.39. The van der Waals surface area contributed by atoms with E-state index in [4.69, 9.17) is 0 Å². The first kappa shape index (κ1) is 31.6. The first-order chi connectivity index (χ1) is 26.8. The molecule has 0 aliphatic rings. The summed E-state index contributed by atoms with van der Waals surface area (Å²) in [6.45, 7) is 0. The molecule has 0 bridgehead atoms. The van der Waals surface area contributed by atoms with Gasteiger partial charge in [-0.25, -0.2) is 0 Å². The lowest BCUT2D eigenvalue weighted by Gasteiger charge is -2.27. The summed E-state index contributed by atoms with van der Waals surface area (Å²) in [4.78, 5) is 2.37. The fraction of sp³-hybridized carbons (Fsp3) is 0. The minimum atomic E-state index is 1.10. The highest BCUT2D eigenvalue weighted by molar-refractivity contribution is 6.09. The van der Waals surface area contributed by atoms with Crippen molar-refractivity contribution >= 4 is 49.6 Å². The lowest BCUT2D eigenvalue weighted by Crippen LogP contribution is -2.10. The van der Waals surface area contributed by atoms with Crippen molar-refractivity contribution in [1.29, 1.82) is 0 Å². The third-order valence-electron chi connectivity index (χ3n) is 10.5. The Hall–Kier alpha value is -7.16. The summed E-state index contributed by atoms with van der Waals surface area (Å²) in [7, 11) is 0. The van der Waals surface area contributed by atoms with E-state index in [1.165, 1.54) is 60.4 Å². The molecule has 9 aromatic carbocycles. The molecular weight excluding hydrogens is 653 g/mol. The number of benzene rings is 9. The molecule has 2 nitrogen and oxygen atoms in total. The van der Waals surface area contributed by atoms with Gasteiger partial charge in [-0.2, -0.15) is 0 Å². The maximum atomic E-state index is 2.39. The summed E-state index contributed by atoms with van der Waals surface area (Å²) in [6, 6.07) is 78.9. The zero-order valence-corrected chi connectivity index (χ0v) is 29.7. The molecule has 10 aromatic rings. The van der Waals surface area contributed by atoms with Crippen molar-refractivity contribution in [3.8, 4) is 39.1 Å². The predicted molar refractivity (Wildman–Crippen MR) is 229 cm³/mol. The fourth-order valence-electron chi connectivity index (χ4n) is 7.92. The molecule has 0 amide bonds. The monoisotopic (exact) mass is 688 g/mol. The van der Waals surface area contributed by atoms with Crippen molar-refractivity contribution < 1.29 is 0 Å². The van der Waals surface area contributed by atoms with Gasteiger partial charge in [-0.3, -0.25) is 0 Å². The molecule has 0 saturated carbocycles. The van der Waals surface area contributed by atoms with E-state index < -0.39 is 0 Å². The van der Waals surface area contributed by atoms with Crippen LogP contribution in [0.1, 0.15) is 0 Å². The van der Waals surface area contributed by atoms with Crippen LogP contribution < -0.4 is 4.90 Å². The van der Waals surface area contributed by atoms with Crippen LogP contribution in [0.15, 0.2) is 218 Å². The third-order valence-corrected chi connectivity index (χ3v) is 10.5. The molecule has 0 aliphatic heterocycles. The van der Waals surface area contributed by atoms with Gasteiger partial charge in [0.1, 0.15) is 0 Å². The Morgan fingerprint density at radius 2 is 0.759 bits per heavy atom. The van der Waals surface area contributed by atoms with Gasteiger partial charge in [-0.05, 0) is 111 Å². The van der Waals surface area contributed by atoms with Gasteiger partial charge in [0.05, 0.1) is 11.0 Å². The lowest BCUT2D eigenvalue weighted by atomic mass is 10.00. The number of rotatable bonds is 7. The number of para-hydroxylation sites is 2. The van der Waals surface area contributed by atoms with Crippen molar-refractivity contribution in [2.45, 2.75) is 0 Å². The van der Waals surface area contributed by atoms with E-state index in [0.29, 0.717) is 0 Å². The van der Waals surface area contributed by atoms with Crippen molar-refractivity contribution in [3.05, 3.63) is 218 Å². The summed E-state index contributed by atoms with van der Waals surface area (Å²) < 4.78 is 2.39. The first-order valence-electron chi connectivity index (χ1n) is 18.5. The Bertz CT molecular complexity index is 2880. The Balaban J connectivity index is 1.09. The van der Waals surface area contributed by atoms with Gasteiger partial charge in [0.2, 0.25) is 0 Å². The summed E-state index contributed by atoms with van der Waals surface area (Å²) in [5.41, 5.74) is 14.0. The minimum absolute atomic E-state index is 1.10. The fourth-order valence-corrected chi connectivity index (χ4v) is 7.92. The highest BCUT2D eigenvalue weighted by Gasteiger charge is 2.16. The van der Waals surface area contributed by atoms with E-state index in [1.54, 1.807) is 0 Å². The van der Waals surface area contributed by atoms with Gasteiger partial charge in [-0.1, -0.05) is 152 Å². The molecule has 1 heterocycles. The van der Waals surface area contributed by atoms with Crippen LogP contribution in [0.4, 0.5) is 17.1 Å². The lowest BCUT2D eigenvalue weighted by molar-refractivity contribution is 1.18. The highest BCUT2D eigenvalue weighted by Crippen LogP contribution is 2.40. The molecule has 54 heavy (non-hydrogen) atoms. The molecule has 2 heteroatoms. The second-order valence-corrected chi connectivity index (χ2v) is 13.8. The molecule has 0 saturated heterocycles. The average Bonchev–Trinajstić information content (AvgIpc) is 3.59. The van der Waals surface area contributed by atoms with Crippen LogP contribution in [0.25, 0.3) is 71.6 Å². The molecule has 0 N–H and O–H groups in total. The van der Waals surface area contributed by atoms with Gasteiger partial charge in [0.25, 0.3) is 0 Å². The Labute approximate surface area is 315 Å². The van der Waals surface area contributed by atoms with Crippen molar-refractivity contribution in [3.63, 3.8) is 0 Å². The van der Waals surface area contributed by atoms with Gasteiger partial charge in [0, 0.05) is 33.5 Å². The van der Waals surface area contributed by atoms with E-state index >= 15 is 0 Å². The third kappa shape index (κ3) is 5.71. The van der Waals surface area contributed by atoms with Gasteiger partial charge in [0.15, 0.2) is 0 Å². The second-order valence-electron chi connectivity index (χ2n) is 13.8. The largest absolute Gasteiger partial charge is 0.310 e. The molecule has 1 aromatic heterocycles. The van der Waals surface area contributed by atoms with Crippen LogP contribution in [-0.4, -0.2) is 4.57 Å². The number of aromatic nitrogens is 1. The van der Waals surface area contributed by atoms with Crippen molar-refractivity contribution in [1.82, 2.24) is 4.57 Å². The normalized spacial score (nSPS) is 11.3. The van der Waals surface area contributed by atoms with E-state index in [2.05, 4.69) is 228 Å². The summed E-state index contributed by atoms with van der Waals surface area (Å²) in [5, 5.41) is 5.02. The van der Waals surface area contributed by atoms with Crippen LogP contribution in [-0.2, 0) is 0 Å². The van der Waals surface area contributed by atoms with Crippen LogP contribution in [0.2, 0.25) is 0 Å². The molecule has 254 valence electrons. The molecule has 0 aliphatic carbocycles.